The van der Waals surface area contributed by atoms with E-state index < -0.39 is 0 Å². The van der Waals surface area contributed by atoms with Gasteiger partial charge < -0.3 is 16.0 Å². The van der Waals surface area contributed by atoms with E-state index in [1.165, 1.54) is 0 Å². The van der Waals surface area contributed by atoms with Gasteiger partial charge in [-0.05, 0) is 51.1 Å². The van der Waals surface area contributed by atoms with Crippen LogP contribution in [0.1, 0.15) is 50.1 Å². The molecule has 0 saturated carbocycles. The third-order valence-corrected chi connectivity index (χ3v) is 8.43. The largest absolute Gasteiger partial charge is 0.384 e. The van der Waals surface area contributed by atoms with Crippen molar-refractivity contribution < 1.29 is 4.79 Å². The summed E-state index contributed by atoms with van der Waals surface area (Å²) in [5.41, 5.74) is 12.1. The SMILES string of the molecule is Nc1cc(C2CC3CC[C@@H](C2)N3C(=O)[C@H]2CCCN2)nc2c(-c3ccc(-c4ccccc4)nc3)cnn12. The lowest BCUT2D eigenvalue weighted by atomic mass is 9.87. The van der Waals surface area contributed by atoms with Crippen LogP contribution in [0, 0.1) is 0 Å². The molecule has 4 aromatic rings. The Morgan fingerprint density at radius 2 is 1.78 bits per heavy atom. The molecule has 1 amide bonds. The molecule has 1 aromatic carbocycles. The number of hydrogen-bond acceptors (Lipinski definition) is 6. The highest BCUT2D eigenvalue weighted by Crippen LogP contribution is 2.44. The fraction of sp³-hybridized carbons (Fsp3) is 0.379. The quantitative estimate of drug-likeness (QED) is 0.445. The number of anilines is 1. The standard InChI is InChI=1S/C29H31N7O/c30-27-15-26(20-13-21-9-10-22(14-20)35(21)29(37)25-7-4-12-31-25)34-28-23(17-33-36(27)28)19-8-11-24(32-16-19)18-5-2-1-3-6-18/h1-3,5-6,8,11,15-17,20-22,25,31H,4,7,9-10,12-14,30H2/t20?,21-,22?,25+/m0/s1. The molecule has 37 heavy (non-hydrogen) atoms. The maximum Gasteiger partial charge on any atom is 0.240 e. The molecule has 7 rings (SSSR count). The minimum Gasteiger partial charge on any atom is -0.384 e. The van der Waals surface area contributed by atoms with Crippen molar-refractivity contribution in [3.05, 3.63) is 66.6 Å². The second-order valence-electron chi connectivity index (χ2n) is 10.6. The second kappa shape index (κ2) is 8.95. The Morgan fingerprint density at radius 1 is 0.973 bits per heavy atom. The Balaban J connectivity index is 1.17. The summed E-state index contributed by atoms with van der Waals surface area (Å²) in [7, 11) is 0. The number of carbonyl (C=O) groups excluding carboxylic acids is 1. The number of nitrogen functional groups attached to an aromatic ring is 1. The van der Waals surface area contributed by atoms with E-state index in [2.05, 4.69) is 33.5 Å². The van der Waals surface area contributed by atoms with Crippen LogP contribution in [0.4, 0.5) is 5.82 Å². The lowest BCUT2D eigenvalue weighted by molar-refractivity contribution is -0.137. The summed E-state index contributed by atoms with van der Waals surface area (Å²) in [6.07, 6.45) is 9.78. The van der Waals surface area contributed by atoms with Gasteiger partial charge in [0.1, 0.15) is 5.82 Å². The van der Waals surface area contributed by atoms with Gasteiger partial charge in [0, 0.05) is 52.6 Å². The molecule has 2 bridgehead atoms. The van der Waals surface area contributed by atoms with Crippen LogP contribution in [0.15, 0.2) is 60.9 Å². The number of pyridine rings is 1. The molecule has 3 aliphatic rings. The predicted molar refractivity (Wildman–Crippen MR) is 143 cm³/mol. The summed E-state index contributed by atoms with van der Waals surface area (Å²) in [6, 6.07) is 16.8. The third kappa shape index (κ3) is 3.87. The number of fused-ring (bicyclic) bond motifs is 3. The van der Waals surface area contributed by atoms with Crippen molar-refractivity contribution in [3.63, 3.8) is 0 Å². The van der Waals surface area contributed by atoms with Crippen molar-refractivity contribution in [1.82, 2.24) is 29.8 Å². The second-order valence-corrected chi connectivity index (χ2v) is 10.6. The molecular formula is C29H31N7O. The zero-order valence-corrected chi connectivity index (χ0v) is 20.8. The highest BCUT2D eigenvalue weighted by atomic mass is 16.2. The molecule has 3 fully saturated rings. The first-order valence-electron chi connectivity index (χ1n) is 13.4. The van der Waals surface area contributed by atoms with Gasteiger partial charge in [-0.1, -0.05) is 36.4 Å². The number of aromatic nitrogens is 4. The molecule has 4 atom stereocenters. The third-order valence-electron chi connectivity index (χ3n) is 8.43. The summed E-state index contributed by atoms with van der Waals surface area (Å²) >= 11 is 0. The van der Waals surface area contributed by atoms with E-state index in [4.69, 9.17) is 15.7 Å². The van der Waals surface area contributed by atoms with E-state index in [-0.39, 0.29) is 24.0 Å². The highest BCUT2D eigenvalue weighted by molar-refractivity contribution is 5.83. The van der Waals surface area contributed by atoms with E-state index >= 15 is 0 Å². The van der Waals surface area contributed by atoms with Crippen molar-refractivity contribution in [2.24, 2.45) is 0 Å². The number of amides is 1. The zero-order chi connectivity index (χ0) is 24.9. The Kier molecular flexibility index (Phi) is 5.43. The van der Waals surface area contributed by atoms with Crippen LogP contribution in [-0.4, -0.2) is 55.1 Å². The molecule has 8 heteroatoms. The monoisotopic (exact) mass is 493 g/mol. The maximum atomic E-state index is 13.2. The van der Waals surface area contributed by atoms with E-state index in [0.29, 0.717) is 11.7 Å². The van der Waals surface area contributed by atoms with Crippen molar-refractivity contribution in [2.75, 3.05) is 12.3 Å². The van der Waals surface area contributed by atoms with Gasteiger partial charge in [0.2, 0.25) is 5.91 Å². The van der Waals surface area contributed by atoms with Crippen LogP contribution in [0.25, 0.3) is 28.0 Å². The van der Waals surface area contributed by atoms with Crippen LogP contribution < -0.4 is 11.1 Å². The van der Waals surface area contributed by atoms with Gasteiger partial charge in [-0.3, -0.25) is 9.78 Å². The van der Waals surface area contributed by atoms with Crippen molar-refractivity contribution in [3.8, 4) is 22.4 Å². The minimum absolute atomic E-state index is 0.000935. The topological polar surface area (TPSA) is 101 Å². The molecule has 0 radical (unpaired) electrons. The normalized spacial score (nSPS) is 25.1. The minimum atomic E-state index is 0.000935. The molecule has 3 aromatic heterocycles. The van der Waals surface area contributed by atoms with Crippen molar-refractivity contribution in [2.45, 2.75) is 62.6 Å². The van der Waals surface area contributed by atoms with Gasteiger partial charge >= 0.3 is 0 Å². The molecule has 8 nitrogen and oxygen atoms in total. The number of benzene rings is 1. The lowest BCUT2D eigenvalue weighted by Gasteiger charge is -2.40. The summed E-state index contributed by atoms with van der Waals surface area (Å²) in [5, 5.41) is 7.91. The number of nitrogens with zero attached hydrogens (tertiary/aromatic N) is 5. The first kappa shape index (κ1) is 22.4. The number of carbonyl (C=O) groups is 1. The van der Waals surface area contributed by atoms with Gasteiger partial charge in [0.05, 0.1) is 17.9 Å². The number of hydrogen-bond donors (Lipinski definition) is 2. The molecule has 0 aliphatic carbocycles. The van der Waals surface area contributed by atoms with Crippen molar-refractivity contribution in [1.29, 1.82) is 0 Å². The Bertz CT molecular complexity index is 1430. The van der Waals surface area contributed by atoms with Gasteiger partial charge in [-0.2, -0.15) is 9.61 Å². The Morgan fingerprint density at radius 3 is 2.49 bits per heavy atom. The average Bonchev–Trinajstić information content (AvgIpc) is 3.68. The summed E-state index contributed by atoms with van der Waals surface area (Å²) in [5.74, 6) is 1.17. The lowest BCUT2D eigenvalue weighted by Crippen LogP contribution is -2.52. The average molecular weight is 494 g/mol. The Labute approximate surface area is 215 Å². The first-order valence-corrected chi connectivity index (χ1v) is 13.4. The van der Waals surface area contributed by atoms with Gasteiger partial charge in [0.15, 0.2) is 5.65 Å². The maximum absolute atomic E-state index is 13.2. The molecule has 0 spiro atoms. The fourth-order valence-corrected chi connectivity index (χ4v) is 6.61. The molecule has 3 aliphatic heterocycles. The van der Waals surface area contributed by atoms with Crippen molar-refractivity contribution >= 4 is 17.4 Å². The number of nitrogens with one attached hydrogen (secondary N) is 1. The molecule has 2 unspecified atom stereocenters. The predicted octanol–water partition coefficient (Wildman–Crippen LogP) is 4.03. The number of piperidine rings is 1. The molecule has 3 N–H and O–H groups in total. The van der Waals surface area contributed by atoms with E-state index in [9.17, 15) is 4.79 Å². The smallest absolute Gasteiger partial charge is 0.240 e. The Hall–Kier alpha value is -3.78. The highest BCUT2D eigenvalue weighted by Gasteiger charge is 2.45. The van der Waals surface area contributed by atoms with Crippen LogP contribution in [0.2, 0.25) is 0 Å². The van der Waals surface area contributed by atoms with Crippen LogP contribution in [0.3, 0.4) is 0 Å². The van der Waals surface area contributed by atoms with E-state index in [1.54, 1.807) is 4.52 Å². The van der Waals surface area contributed by atoms with Crippen LogP contribution in [-0.2, 0) is 4.79 Å². The number of nitrogens with two attached hydrogens (primary N) is 1. The molecular weight excluding hydrogens is 462 g/mol. The van der Waals surface area contributed by atoms with Gasteiger partial charge in [-0.15, -0.1) is 0 Å². The zero-order valence-electron chi connectivity index (χ0n) is 20.8. The summed E-state index contributed by atoms with van der Waals surface area (Å²) in [6.45, 7) is 0.948. The van der Waals surface area contributed by atoms with E-state index in [0.717, 1.165) is 78.8 Å². The fourth-order valence-electron chi connectivity index (χ4n) is 6.61. The number of rotatable bonds is 4. The summed E-state index contributed by atoms with van der Waals surface area (Å²) < 4.78 is 1.71. The first-order chi connectivity index (χ1) is 18.2. The van der Waals surface area contributed by atoms with Crippen LogP contribution >= 0.6 is 0 Å². The molecule has 3 saturated heterocycles. The molecule has 188 valence electrons. The summed E-state index contributed by atoms with van der Waals surface area (Å²) in [4.78, 5) is 25.2. The van der Waals surface area contributed by atoms with E-state index in [1.807, 2.05) is 42.7 Å². The molecule has 6 heterocycles. The van der Waals surface area contributed by atoms with Gasteiger partial charge in [-0.25, -0.2) is 4.98 Å². The van der Waals surface area contributed by atoms with Gasteiger partial charge in [0.25, 0.3) is 0 Å². The van der Waals surface area contributed by atoms with Crippen LogP contribution in [0.5, 0.6) is 0 Å².